The molecular formula is C15H20Cl2N2O3. The Kier molecular flexibility index (Phi) is 8.89. The summed E-state index contributed by atoms with van der Waals surface area (Å²) in [5.41, 5.74) is 0.381. The summed E-state index contributed by atoms with van der Waals surface area (Å²) in [5, 5.41) is 3.34. The fraction of sp³-hybridized carbons (Fsp3) is 0.467. The molecule has 0 fully saturated rings. The van der Waals surface area contributed by atoms with Crippen molar-refractivity contribution in [3.63, 3.8) is 0 Å². The van der Waals surface area contributed by atoms with Crippen LogP contribution in [0.15, 0.2) is 23.2 Å². The Balaban J connectivity index is 2.66. The highest BCUT2D eigenvalue weighted by atomic mass is 35.5. The Morgan fingerprint density at radius 1 is 1.23 bits per heavy atom. The first-order valence-corrected chi connectivity index (χ1v) is 7.85. The van der Waals surface area contributed by atoms with Gasteiger partial charge in [-0.2, -0.15) is 0 Å². The SMILES string of the molecule is CCCN=C(NC(=O)c1ccc(Cl)c(Cl)c1)OCCOCC. The van der Waals surface area contributed by atoms with Crippen LogP contribution in [-0.4, -0.2) is 38.3 Å². The molecule has 0 unspecified atom stereocenters. The summed E-state index contributed by atoms with van der Waals surface area (Å²) in [6, 6.07) is 4.83. The Morgan fingerprint density at radius 3 is 2.64 bits per heavy atom. The van der Waals surface area contributed by atoms with Crippen LogP contribution in [0.2, 0.25) is 10.0 Å². The van der Waals surface area contributed by atoms with E-state index in [4.69, 9.17) is 32.7 Å². The molecule has 1 amide bonds. The zero-order valence-electron chi connectivity index (χ0n) is 12.7. The van der Waals surface area contributed by atoms with E-state index in [0.29, 0.717) is 42.0 Å². The highest BCUT2D eigenvalue weighted by molar-refractivity contribution is 6.42. The molecule has 1 rings (SSSR count). The zero-order chi connectivity index (χ0) is 16.4. The summed E-state index contributed by atoms with van der Waals surface area (Å²) in [6.07, 6.45) is 0.848. The molecule has 1 N–H and O–H groups in total. The van der Waals surface area contributed by atoms with Gasteiger partial charge in [0.1, 0.15) is 6.61 Å². The molecule has 0 radical (unpaired) electrons. The number of carbonyl (C=O) groups excluding carboxylic acids is 1. The highest BCUT2D eigenvalue weighted by Gasteiger charge is 2.11. The van der Waals surface area contributed by atoms with Crippen LogP contribution in [0.3, 0.4) is 0 Å². The molecule has 0 saturated carbocycles. The number of aliphatic imine (C=N–C) groups is 1. The molecule has 22 heavy (non-hydrogen) atoms. The van der Waals surface area contributed by atoms with E-state index < -0.39 is 0 Å². The Labute approximate surface area is 140 Å². The van der Waals surface area contributed by atoms with Crippen molar-refractivity contribution >= 4 is 35.1 Å². The molecule has 0 spiro atoms. The summed E-state index contributed by atoms with van der Waals surface area (Å²) >= 11 is 11.7. The fourth-order valence-electron chi connectivity index (χ4n) is 1.48. The number of amidine groups is 1. The Morgan fingerprint density at radius 2 is 2.00 bits per heavy atom. The second-order valence-electron chi connectivity index (χ2n) is 4.32. The molecule has 0 bridgehead atoms. The number of hydrogen-bond acceptors (Lipinski definition) is 4. The average molecular weight is 347 g/mol. The van der Waals surface area contributed by atoms with E-state index in [9.17, 15) is 4.79 Å². The first-order chi connectivity index (χ1) is 10.6. The third kappa shape index (κ3) is 6.64. The van der Waals surface area contributed by atoms with Gasteiger partial charge in [-0.05, 0) is 31.5 Å². The number of nitrogens with zero attached hydrogens (tertiary/aromatic N) is 1. The predicted molar refractivity (Wildman–Crippen MR) is 89.0 cm³/mol. The molecule has 0 aliphatic heterocycles. The van der Waals surface area contributed by atoms with Gasteiger partial charge in [0.05, 0.1) is 16.7 Å². The van der Waals surface area contributed by atoms with Crippen LogP contribution in [0.1, 0.15) is 30.6 Å². The van der Waals surface area contributed by atoms with Gasteiger partial charge in [-0.25, -0.2) is 4.99 Å². The first-order valence-electron chi connectivity index (χ1n) is 7.09. The maximum atomic E-state index is 12.2. The van der Waals surface area contributed by atoms with Crippen LogP contribution < -0.4 is 5.32 Å². The minimum absolute atomic E-state index is 0.178. The number of ether oxygens (including phenoxy) is 2. The molecule has 0 aliphatic carbocycles. The standard InChI is InChI=1S/C15H20Cl2N2O3/c1-3-7-18-15(22-9-8-21-4-2)19-14(20)11-5-6-12(16)13(17)10-11/h5-6,10H,3-4,7-9H2,1-2H3,(H,18,19,20). The largest absolute Gasteiger partial charge is 0.463 e. The lowest BCUT2D eigenvalue weighted by molar-refractivity contribution is 0.0922. The number of rotatable bonds is 7. The lowest BCUT2D eigenvalue weighted by Gasteiger charge is -2.11. The zero-order valence-corrected chi connectivity index (χ0v) is 14.2. The van der Waals surface area contributed by atoms with Gasteiger partial charge in [-0.15, -0.1) is 0 Å². The molecule has 1 aromatic carbocycles. The van der Waals surface area contributed by atoms with E-state index in [1.165, 1.54) is 6.07 Å². The molecule has 0 atom stereocenters. The average Bonchev–Trinajstić information content (AvgIpc) is 2.51. The van der Waals surface area contributed by atoms with Crippen molar-refractivity contribution in [3.8, 4) is 0 Å². The number of carbonyl (C=O) groups is 1. The van der Waals surface area contributed by atoms with E-state index in [-0.39, 0.29) is 11.9 Å². The molecule has 7 heteroatoms. The van der Waals surface area contributed by atoms with Crippen molar-refractivity contribution in [3.05, 3.63) is 33.8 Å². The summed E-state index contributed by atoms with van der Waals surface area (Å²) in [4.78, 5) is 16.4. The maximum absolute atomic E-state index is 12.2. The van der Waals surface area contributed by atoms with E-state index in [2.05, 4.69) is 10.3 Å². The third-order valence-electron chi connectivity index (χ3n) is 2.55. The van der Waals surface area contributed by atoms with Crippen molar-refractivity contribution in [2.45, 2.75) is 20.3 Å². The van der Waals surface area contributed by atoms with Crippen molar-refractivity contribution < 1.29 is 14.3 Å². The smallest absolute Gasteiger partial charge is 0.291 e. The van der Waals surface area contributed by atoms with E-state index in [1.807, 2.05) is 13.8 Å². The van der Waals surface area contributed by atoms with E-state index in [0.717, 1.165) is 6.42 Å². The molecule has 0 aliphatic rings. The molecule has 122 valence electrons. The maximum Gasteiger partial charge on any atom is 0.291 e. The lowest BCUT2D eigenvalue weighted by Crippen LogP contribution is -2.33. The second kappa shape index (κ2) is 10.4. The van der Waals surface area contributed by atoms with Gasteiger partial charge < -0.3 is 9.47 Å². The molecule has 5 nitrogen and oxygen atoms in total. The monoisotopic (exact) mass is 346 g/mol. The number of halogens is 2. The van der Waals surface area contributed by atoms with Crippen molar-refractivity contribution in [2.24, 2.45) is 4.99 Å². The number of amides is 1. The van der Waals surface area contributed by atoms with Crippen LogP contribution in [0, 0.1) is 0 Å². The number of benzene rings is 1. The van der Waals surface area contributed by atoms with Gasteiger partial charge in [0, 0.05) is 18.7 Å². The fourth-order valence-corrected chi connectivity index (χ4v) is 1.78. The number of nitrogens with one attached hydrogen (secondary N) is 1. The highest BCUT2D eigenvalue weighted by Crippen LogP contribution is 2.22. The molecular weight excluding hydrogens is 327 g/mol. The van der Waals surface area contributed by atoms with Crippen molar-refractivity contribution in [1.82, 2.24) is 5.32 Å². The predicted octanol–water partition coefficient (Wildman–Crippen LogP) is 3.54. The summed E-state index contributed by atoms with van der Waals surface area (Å²) in [5.74, 6) is -0.357. The number of hydrogen-bond donors (Lipinski definition) is 1. The lowest BCUT2D eigenvalue weighted by atomic mass is 10.2. The second-order valence-corrected chi connectivity index (χ2v) is 5.13. The van der Waals surface area contributed by atoms with Gasteiger partial charge >= 0.3 is 0 Å². The van der Waals surface area contributed by atoms with Crippen LogP contribution >= 0.6 is 23.2 Å². The van der Waals surface area contributed by atoms with Gasteiger partial charge in [-0.3, -0.25) is 10.1 Å². The van der Waals surface area contributed by atoms with Gasteiger partial charge in [0.25, 0.3) is 11.9 Å². The van der Waals surface area contributed by atoms with Crippen molar-refractivity contribution in [1.29, 1.82) is 0 Å². The first kappa shape index (κ1) is 18.7. The topological polar surface area (TPSA) is 59.9 Å². The summed E-state index contributed by atoms with van der Waals surface area (Å²) in [6.45, 7) is 5.81. The van der Waals surface area contributed by atoms with Crippen LogP contribution in [-0.2, 0) is 9.47 Å². The summed E-state index contributed by atoms with van der Waals surface area (Å²) < 4.78 is 10.6. The van der Waals surface area contributed by atoms with Crippen LogP contribution in [0.25, 0.3) is 0 Å². The van der Waals surface area contributed by atoms with Gasteiger partial charge in [0.2, 0.25) is 0 Å². The Hall–Kier alpha value is -1.30. The molecule has 0 heterocycles. The Bertz CT molecular complexity index is 522. The minimum Gasteiger partial charge on any atom is -0.463 e. The minimum atomic E-state index is -0.357. The summed E-state index contributed by atoms with van der Waals surface area (Å²) in [7, 11) is 0. The van der Waals surface area contributed by atoms with Gasteiger partial charge in [-0.1, -0.05) is 30.1 Å². The molecule has 0 aromatic heterocycles. The molecule has 1 aromatic rings. The van der Waals surface area contributed by atoms with E-state index in [1.54, 1.807) is 12.1 Å². The van der Waals surface area contributed by atoms with Gasteiger partial charge in [0.15, 0.2) is 0 Å². The normalized spacial score (nSPS) is 11.4. The van der Waals surface area contributed by atoms with Crippen LogP contribution in [0.5, 0.6) is 0 Å². The van der Waals surface area contributed by atoms with Crippen molar-refractivity contribution in [2.75, 3.05) is 26.4 Å². The molecule has 0 saturated heterocycles. The van der Waals surface area contributed by atoms with Crippen LogP contribution in [0.4, 0.5) is 0 Å². The quantitative estimate of drug-likeness (QED) is 0.466. The van der Waals surface area contributed by atoms with E-state index >= 15 is 0 Å². The third-order valence-corrected chi connectivity index (χ3v) is 3.29.